The molecule has 0 aliphatic carbocycles. The van der Waals surface area contributed by atoms with Crippen LogP contribution in [0.5, 0.6) is 5.75 Å². The predicted octanol–water partition coefficient (Wildman–Crippen LogP) is 2.25. The summed E-state index contributed by atoms with van der Waals surface area (Å²) in [6.07, 6.45) is -0.568. The van der Waals surface area contributed by atoms with Crippen molar-refractivity contribution in [1.82, 2.24) is 4.90 Å². The van der Waals surface area contributed by atoms with Crippen LogP contribution in [0, 0.1) is 5.92 Å². The van der Waals surface area contributed by atoms with E-state index < -0.39 is 24.0 Å². The average molecular weight is 293 g/mol. The topological polar surface area (TPSA) is 87.1 Å². The number of carboxylic acids is 1. The standard InChI is InChI=1S/C15H19NO5/c1-9-13(14(17)18)12(7-8-16(9)15(19)20)10-3-5-11(21-2)6-4-10/h3-6,9,12-13H,7-8H2,1-2H3,(H,17,18)(H,19,20)/t9-,12?,13+/m1/s1. The largest absolute Gasteiger partial charge is 0.497 e. The van der Waals surface area contributed by atoms with E-state index in [1.807, 2.05) is 12.1 Å². The molecule has 2 rings (SSSR count). The van der Waals surface area contributed by atoms with E-state index in [4.69, 9.17) is 9.84 Å². The van der Waals surface area contributed by atoms with Gasteiger partial charge in [-0.2, -0.15) is 0 Å². The highest BCUT2D eigenvalue weighted by Gasteiger charge is 2.42. The van der Waals surface area contributed by atoms with Crippen molar-refractivity contribution in [3.63, 3.8) is 0 Å². The van der Waals surface area contributed by atoms with Crippen LogP contribution < -0.4 is 4.74 Å². The molecule has 6 nitrogen and oxygen atoms in total. The number of piperidine rings is 1. The molecule has 1 fully saturated rings. The number of methoxy groups -OCH3 is 1. The van der Waals surface area contributed by atoms with Crippen molar-refractivity contribution >= 4 is 12.1 Å². The molecule has 1 aliphatic heterocycles. The molecule has 0 saturated carbocycles. The molecule has 3 atom stereocenters. The van der Waals surface area contributed by atoms with Crippen molar-refractivity contribution < 1.29 is 24.5 Å². The van der Waals surface area contributed by atoms with E-state index >= 15 is 0 Å². The Kier molecular flexibility index (Phi) is 4.35. The first-order valence-corrected chi connectivity index (χ1v) is 6.82. The van der Waals surface area contributed by atoms with E-state index in [0.29, 0.717) is 18.7 Å². The van der Waals surface area contributed by atoms with Crippen LogP contribution in [0.25, 0.3) is 0 Å². The summed E-state index contributed by atoms with van der Waals surface area (Å²) in [7, 11) is 1.57. The number of ether oxygens (including phenoxy) is 1. The van der Waals surface area contributed by atoms with Crippen LogP contribution in [0.4, 0.5) is 4.79 Å². The summed E-state index contributed by atoms with van der Waals surface area (Å²) in [4.78, 5) is 24.0. The van der Waals surface area contributed by atoms with Crippen LogP contribution in [0.3, 0.4) is 0 Å². The third-order valence-electron chi connectivity index (χ3n) is 4.20. The highest BCUT2D eigenvalue weighted by molar-refractivity contribution is 5.74. The van der Waals surface area contributed by atoms with Gasteiger partial charge in [0.25, 0.3) is 0 Å². The molecule has 1 aliphatic rings. The van der Waals surface area contributed by atoms with Gasteiger partial charge >= 0.3 is 12.1 Å². The molecule has 1 aromatic rings. The van der Waals surface area contributed by atoms with Gasteiger partial charge in [-0.1, -0.05) is 12.1 Å². The summed E-state index contributed by atoms with van der Waals surface area (Å²) < 4.78 is 5.10. The summed E-state index contributed by atoms with van der Waals surface area (Å²) >= 11 is 0. The van der Waals surface area contributed by atoms with Gasteiger partial charge in [-0.15, -0.1) is 0 Å². The molecule has 1 unspecified atom stereocenters. The quantitative estimate of drug-likeness (QED) is 0.892. The molecule has 1 saturated heterocycles. The Morgan fingerprint density at radius 3 is 2.33 bits per heavy atom. The lowest BCUT2D eigenvalue weighted by molar-refractivity contribution is -0.146. The van der Waals surface area contributed by atoms with Gasteiger partial charge in [0.15, 0.2) is 0 Å². The van der Waals surface area contributed by atoms with Crippen molar-refractivity contribution in [3.05, 3.63) is 29.8 Å². The van der Waals surface area contributed by atoms with Crippen LogP contribution in [0.15, 0.2) is 24.3 Å². The molecular formula is C15H19NO5. The molecule has 6 heteroatoms. The molecule has 0 aromatic heterocycles. The second-order valence-electron chi connectivity index (χ2n) is 5.25. The van der Waals surface area contributed by atoms with E-state index in [1.54, 1.807) is 26.2 Å². The summed E-state index contributed by atoms with van der Waals surface area (Å²) in [5, 5.41) is 18.6. The zero-order valence-electron chi connectivity index (χ0n) is 12.0. The van der Waals surface area contributed by atoms with Gasteiger partial charge in [-0.25, -0.2) is 4.79 Å². The Morgan fingerprint density at radius 1 is 1.24 bits per heavy atom. The van der Waals surface area contributed by atoms with E-state index in [1.165, 1.54) is 4.90 Å². The molecular weight excluding hydrogens is 274 g/mol. The first-order valence-electron chi connectivity index (χ1n) is 6.82. The summed E-state index contributed by atoms with van der Waals surface area (Å²) in [6, 6.07) is 6.73. The lowest BCUT2D eigenvalue weighted by Crippen LogP contribution is -2.51. The first-order chi connectivity index (χ1) is 9.95. The van der Waals surface area contributed by atoms with Crippen LogP contribution in [-0.4, -0.2) is 46.9 Å². The Morgan fingerprint density at radius 2 is 1.86 bits per heavy atom. The van der Waals surface area contributed by atoms with Gasteiger partial charge in [0.2, 0.25) is 0 Å². The second kappa shape index (κ2) is 6.03. The molecule has 1 heterocycles. The monoisotopic (exact) mass is 293 g/mol. The van der Waals surface area contributed by atoms with Gasteiger partial charge < -0.3 is 19.8 Å². The zero-order chi connectivity index (χ0) is 15.6. The zero-order valence-corrected chi connectivity index (χ0v) is 12.0. The van der Waals surface area contributed by atoms with Crippen molar-refractivity contribution in [3.8, 4) is 5.75 Å². The number of benzene rings is 1. The maximum absolute atomic E-state index is 11.6. The average Bonchev–Trinajstić information content (AvgIpc) is 2.46. The van der Waals surface area contributed by atoms with Gasteiger partial charge in [-0.05, 0) is 31.0 Å². The van der Waals surface area contributed by atoms with Crippen LogP contribution in [0.1, 0.15) is 24.8 Å². The van der Waals surface area contributed by atoms with Crippen LogP contribution in [0.2, 0.25) is 0 Å². The minimum absolute atomic E-state index is 0.195. The van der Waals surface area contributed by atoms with E-state index in [9.17, 15) is 14.7 Å². The van der Waals surface area contributed by atoms with Crippen LogP contribution >= 0.6 is 0 Å². The number of carboxylic acid groups (broad SMARTS) is 2. The maximum Gasteiger partial charge on any atom is 0.407 e. The van der Waals surface area contributed by atoms with Crippen molar-refractivity contribution in [2.45, 2.75) is 25.3 Å². The SMILES string of the molecule is COc1ccc(C2CCN(C(=O)O)[C@H](C)[C@@H]2C(=O)O)cc1. The summed E-state index contributed by atoms with van der Waals surface area (Å²) in [5.74, 6) is -1.20. The normalized spacial score (nSPS) is 25.4. The maximum atomic E-state index is 11.6. The second-order valence-corrected chi connectivity index (χ2v) is 5.25. The number of rotatable bonds is 3. The molecule has 2 N–H and O–H groups in total. The number of hydrogen-bond acceptors (Lipinski definition) is 3. The molecule has 1 amide bonds. The number of amides is 1. The van der Waals surface area contributed by atoms with E-state index in [-0.39, 0.29) is 5.92 Å². The molecule has 0 radical (unpaired) electrons. The highest BCUT2D eigenvalue weighted by Crippen LogP contribution is 2.37. The Bertz CT molecular complexity index is 527. The van der Waals surface area contributed by atoms with E-state index in [0.717, 1.165) is 5.56 Å². The van der Waals surface area contributed by atoms with Crippen molar-refractivity contribution in [2.75, 3.05) is 13.7 Å². The van der Waals surface area contributed by atoms with Gasteiger partial charge in [0, 0.05) is 18.5 Å². The Balaban J connectivity index is 2.29. The molecule has 0 spiro atoms. The minimum atomic E-state index is -1.07. The molecule has 0 bridgehead atoms. The fraction of sp³-hybridized carbons (Fsp3) is 0.467. The van der Waals surface area contributed by atoms with Gasteiger partial charge in [-0.3, -0.25) is 4.79 Å². The van der Waals surface area contributed by atoms with E-state index in [2.05, 4.69) is 0 Å². The number of carbonyl (C=O) groups is 2. The van der Waals surface area contributed by atoms with Crippen molar-refractivity contribution in [1.29, 1.82) is 0 Å². The number of nitrogens with zero attached hydrogens (tertiary/aromatic N) is 1. The Labute approximate surface area is 122 Å². The van der Waals surface area contributed by atoms with Crippen LogP contribution in [-0.2, 0) is 4.79 Å². The fourth-order valence-corrected chi connectivity index (χ4v) is 3.06. The van der Waals surface area contributed by atoms with Crippen molar-refractivity contribution in [2.24, 2.45) is 5.92 Å². The fourth-order valence-electron chi connectivity index (χ4n) is 3.06. The lowest BCUT2D eigenvalue weighted by atomic mass is 9.76. The molecule has 114 valence electrons. The highest BCUT2D eigenvalue weighted by atomic mass is 16.5. The predicted molar refractivity (Wildman–Crippen MR) is 75.7 cm³/mol. The number of hydrogen-bond donors (Lipinski definition) is 2. The first kappa shape index (κ1) is 15.2. The lowest BCUT2D eigenvalue weighted by Gasteiger charge is -2.40. The third kappa shape index (κ3) is 2.94. The number of aliphatic carboxylic acids is 1. The minimum Gasteiger partial charge on any atom is -0.497 e. The Hall–Kier alpha value is -2.24. The third-order valence-corrected chi connectivity index (χ3v) is 4.20. The summed E-state index contributed by atoms with van der Waals surface area (Å²) in [5.41, 5.74) is 0.903. The van der Waals surface area contributed by atoms with Gasteiger partial charge in [0.1, 0.15) is 5.75 Å². The smallest absolute Gasteiger partial charge is 0.407 e. The molecule has 1 aromatic carbocycles. The van der Waals surface area contributed by atoms with Gasteiger partial charge in [0.05, 0.1) is 13.0 Å². The summed E-state index contributed by atoms with van der Waals surface area (Å²) in [6.45, 7) is 2.00. The molecule has 21 heavy (non-hydrogen) atoms. The number of likely N-dealkylation sites (tertiary alicyclic amines) is 1.